The molecule has 0 aliphatic heterocycles. The van der Waals surface area contributed by atoms with Gasteiger partial charge in [-0.05, 0) is 89.2 Å². The van der Waals surface area contributed by atoms with Gasteiger partial charge < -0.3 is 4.90 Å². The standard InChI is InChI=1S/C39H33N/c1-38(2,3)40(32-23-22-28-14-10-11-15-29(28)26-32)33-24-25-35-34-20-12-13-21-36(34)39(37(35)27-33,30-16-6-4-7-17-30)31-18-8-5-9-19-31/h4-27H,1-3H3. The van der Waals surface area contributed by atoms with Gasteiger partial charge in [-0.3, -0.25) is 0 Å². The summed E-state index contributed by atoms with van der Waals surface area (Å²) in [5.41, 5.74) is 9.73. The molecule has 0 N–H and O–H groups in total. The van der Waals surface area contributed by atoms with Crippen molar-refractivity contribution in [2.24, 2.45) is 0 Å². The predicted octanol–water partition coefficient (Wildman–Crippen LogP) is 10.1. The molecule has 40 heavy (non-hydrogen) atoms. The first-order chi connectivity index (χ1) is 19.5. The number of hydrogen-bond donors (Lipinski definition) is 0. The maximum atomic E-state index is 2.49. The summed E-state index contributed by atoms with van der Waals surface area (Å²) in [6, 6.07) is 53.5. The molecule has 6 aromatic carbocycles. The van der Waals surface area contributed by atoms with Crippen LogP contribution in [0.3, 0.4) is 0 Å². The predicted molar refractivity (Wildman–Crippen MR) is 170 cm³/mol. The van der Waals surface area contributed by atoms with Gasteiger partial charge in [-0.15, -0.1) is 0 Å². The molecule has 0 bridgehead atoms. The second-order valence-corrected chi connectivity index (χ2v) is 11.8. The van der Waals surface area contributed by atoms with E-state index in [4.69, 9.17) is 0 Å². The van der Waals surface area contributed by atoms with Crippen LogP contribution >= 0.6 is 0 Å². The molecule has 194 valence electrons. The lowest BCUT2D eigenvalue weighted by atomic mass is 9.67. The number of anilines is 2. The number of fused-ring (bicyclic) bond motifs is 4. The monoisotopic (exact) mass is 515 g/mol. The van der Waals surface area contributed by atoms with Gasteiger partial charge in [0.25, 0.3) is 0 Å². The van der Waals surface area contributed by atoms with Crippen LogP contribution in [0.4, 0.5) is 11.4 Å². The molecule has 0 spiro atoms. The summed E-state index contributed by atoms with van der Waals surface area (Å²) in [4.78, 5) is 2.49. The largest absolute Gasteiger partial charge is 0.336 e. The lowest BCUT2D eigenvalue weighted by Gasteiger charge is -2.39. The molecule has 0 unspecified atom stereocenters. The fraction of sp³-hybridized carbons (Fsp3) is 0.128. The topological polar surface area (TPSA) is 3.24 Å². The van der Waals surface area contributed by atoms with E-state index in [9.17, 15) is 0 Å². The Bertz CT molecular complexity index is 1790. The van der Waals surface area contributed by atoms with E-state index in [-0.39, 0.29) is 5.54 Å². The van der Waals surface area contributed by atoms with Crippen molar-refractivity contribution in [2.75, 3.05) is 4.90 Å². The first-order valence-electron chi connectivity index (χ1n) is 14.1. The lowest BCUT2D eigenvalue weighted by Crippen LogP contribution is -2.38. The molecule has 0 atom stereocenters. The van der Waals surface area contributed by atoms with E-state index < -0.39 is 5.41 Å². The average Bonchev–Trinajstić information content (AvgIpc) is 3.28. The van der Waals surface area contributed by atoms with Crippen LogP contribution in [0.2, 0.25) is 0 Å². The summed E-state index contributed by atoms with van der Waals surface area (Å²) < 4.78 is 0. The fourth-order valence-corrected chi connectivity index (χ4v) is 6.81. The normalized spacial score (nSPS) is 13.6. The summed E-state index contributed by atoms with van der Waals surface area (Å²) >= 11 is 0. The van der Waals surface area contributed by atoms with Crippen LogP contribution < -0.4 is 4.90 Å². The SMILES string of the molecule is CC(C)(C)N(c1ccc2c(c1)C(c1ccccc1)(c1ccccc1)c1ccccc1-2)c1ccc2ccccc2c1. The van der Waals surface area contributed by atoms with Gasteiger partial charge in [0.05, 0.1) is 5.41 Å². The molecule has 1 heteroatoms. The van der Waals surface area contributed by atoms with Gasteiger partial charge in [0.1, 0.15) is 0 Å². The Hall–Kier alpha value is -4.62. The molecule has 0 radical (unpaired) electrons. The maximum absolute atomic E-state index is 2.49. The van der Waals surface area contributed by atoms with Crippen molar-refractivity contribution in [3.63, 3.8) is 0 Å². The Morgan fingerprint density at radius 2 is 0.975 bits per heavy atom. The minimum Gasteiger partial charge on any atom is -0.336 e. The molecule has 0 aromatic heterocycles. The van der Waals surface area contributed by atoms with Crippen molar-refractivity contribution in [3.05, 3.63) is 168 Å². The maximum Gasteiger partial charge on any atom is 0.0714 e. The molecular formula is C39H33N. The van der Waals surface area contributed by atoms with Crippen molar-refractivity contribution in [1.82, 2.24) is 0 Å². The minimum absolute atomic E-state index is 0.135. The number of rotatable bonds is 4. The third-order valence-corrected chi connectivity index (χ3v) is 8.36. The fourth-order valence-electron chi connectivity index (χ4n) is 6.81. The van der Waals surface area contributed by atoms with Crippen LogP contribution in [-0.4, -0.2) is 5.54 Å². The van der Waals surface area contributed by atoms with Crippen molar-refractivity contribution in [2.45, 2.75) is 31.7 Å². The first kappa shape index (κ1) is 24.4. The van der Waals surface area contributed by atoms with Crippen molar-refractivity contribution in [3.8, 4) is 11.1 Å². The molecule has 1 aliphatic carbocycles. The van der Waals surface area contributed by atoms with Crippen molar-refractivity contribution < 1.29 is 0 Å². The Kier molecular flexibility index (Phi) is 5.64. The Morgan fingerprint density at radius 3 is 1.65 bits per heavy atom. The third kappa shape index (κ3) is 3.69. The van der Waals surface area contributed by atoms with Crippen LogP contribution in [0, 0.1) is 0 Å². The third-order valence-electron chi connectivity index (χ3n) is 8.36. The van der Waals surface area contributed by atoms with Gasteiger partial charge in [-0.25, -0.2) is 0 Å². The van der Waals surface area contributed by atoms with Gasteiger partial charge in [0, 0.05) is 16.9 Å². The van der Waals surface area contributed by atoms with Gasteiger partial charge >= 0.3 is 0 Å². The van der Waals surface area contributed by atoms with Crippen LogP contribution in [0.5, 0.6) is 0 Å². The van der Waals surface area contributed by atoms with E-state index in [1.165, 1.54) is 55.5 Å². The molecule has 0 saturated heterocycles. The highest BCUT2D eigenvalue weighted by Crippen LogP contribution is 2.57. The molecular weight excluding hydrogens is 482 g/mol. The van der Waals surface area contributed by atoms with E-state index in [0.717, 1.165) is 0 Å². The van der Waals surface area contributed by atoms with Crippen LogP contribution in [0.1, 0.15) is 43.0 Å². The average molecular weight is 516 g/mol. The summed E-state index contributed by atoms with van der Waals surface area (Å²) in [6.07, 6.45) is 0. The quantitative estimate of drug-likeness (QED) is 0.225. The molecule has 1 aliphatic rings. The highest BCUT2D eigenvalue weighted by Gasteiger charge is 2.46. The van der Waals surface area contributed by atoms with Gasteiger partial charge in [0.2, 0.25) is 0 Å². The van der Waals surface area contributed by atoms with E-state index in [0.29, 0.717) is 0 Å². The number of nitrogens with zero attached hydrogens (tertiary/aromatic N) is 1. The molecule has 1 nitrogen and oxygen atoms in total. The van der Waals surface area contributed by atoms with E-state index >= 15 is 0 Å². The highest BCUT2D eigenvalue weighted by atomic mass is 15.2. The number of benzene rings is 6. The Morgan fingerprint density at radius 1 is 0.450 bits per heavy atom. The van der Waals surface area contributed by atoms with Crippen molar-refractivity contribution in [1.29, 1.82) is 0 Å². The molecule has 0 fully saturated rings. The van der Waals surface area contributed by atoms with Crippen LogP contribution in [0.15, 0.2) is 146 Å². The Labute approximate surface area is 237 Å². The number of hydrogen-bond acceptors (Lipinski definition) is 1. The van der Waals surface area contributed by atoms with E-state index in [1.54, 1.807) is 0 Å². The highest BCUT2D eigenvalue weighted by molar-refractivity contribution is 5.90. The summed E-state index contributed by atoms with van der Waals surface area (Å²) in [7, 11) is 0. The molecule has 0 heterocycles. The lowest BCUT2D eigenvalue weighted by molar-refractivity contribution is 0.560. The zero-order valence-corrected chi connectivity index (χ0v) is 23.3. The van der Waals surface area contributed by atoms with Crippen LogP contribution in [0.25, 0.3) is 21.9 Å². The second-order valence-electron chi connectivity index (χ2n) is 11.8. The van der Waals surface area contributed by atoms with Gasteiger partial charge in [-0.1, -0.05) is 121 Å². The van der Waals surface area contributed by atoms with E-state index in [1.807, 2.05) is 0 Å². The smallest absolute Gasteiger partial charge is 0.0714 e. The van der Waals surface area contributed by atoms with E-state index in [2.05, 4.69) is 171 Å². The molecule has 0 amide bonds. The van der Waals surface area contributed by atoms with Crippen LogP contribution in [-0.2, 0) is 5.41 Å². The summed E-state index contributed by atoms with van der Waals surface area (Å²) in [5.74, 6) is 0. The Balaban J connectivity index is 1.52. The molecule has 0 saturated carbocycles. The summed E-state index contributed by atoms with van der Waals surface area (Å²) in [6.45, 7) is 6.89. The zero-order chi connectivity index (χ0) is 27.3. The van der Waals surface area contributed by atoms with Gasteiger partial charge in [0.15, 0.2) is 0 Å². The zero-order valence-electron chi connectivity index (χ0n) is 23.3. The second kappa shape index (κ2) is 9.24. The first-order valence-corrected chi connectivity index (χ1v) is 14.1. The molecule has 7 rings (SSSR count). The summed E-state index contributed by atoms with van der Waals surface area (Å²) in [5, 5.41) is 2.52. The van der Waals surface area contributed by atoms with Gasteiger partial charge in [-0.2, -0.15) is 0 Å². The molecule has 6 aromatic rings. The minimum atomic E-state index is -0.405. The van der Waals surface area contributed by atoms with Crippen molar-refractivity contribution >= 4 is 22.1 Å².